The maximum Gasteiger partial charge on any atom is 0.140 e. The summed E-state index contributed by atoms with van der Waals surface area (Å²) in [5.41, 5.74) is 0.862. The van der Waals surface area contributed by atoms with Gasteiger partial charge in [-0.3, -0.25) is 0 Å². The third-order valence-corrected chi connectivity index (χ3v) is 4.35. The zero-order chi connectivity index (χ0) is 14.8. The SMILES string of the molecule is Cc1cc(Cl)nc(CSc2ccc(O)c3ccccc23)n1. The van der Waals surface area contributed by atoms with Crippen molar-refractivity contribution in [2.24, 2.45) is 0 Å². The number of benzene rings is 2. The molecule has 0 aliphatic carbocycles. The molecule has 0 amide bonds. The second-order valence-electron chi connectivity index (χ2n) is 4.67. The monoisotopic (exact) mass is 316 g/mol. The summed E-state index contributed by atoms with van der Waals surface area (Å²) in [6, 6.07) is 13.2. The summed E-state index contributed by atoms with van der Waals surface area (Å²) < 4.78 is 0. The minimum Gasteiger partial charge on any atom is -0.507 e. The molecule has 0 saturated carbocycles. The second kappa shape index (κ2) is 5.92. The molecule has 0 unspecified atom stereocenters. The molecule has 3 rings (SSSR count). The molecule has 106 valence electrons. The van der Waals surface area contributed by atoms with Gasteiger partial charge in [0.25, 0.3) is 0 Å². The molecule has 5 heteroatoms. The first-order valence-corrected chi connectivity index (χ1v) is 7.83. The van der Waals surface area contributed by atoms with Crippen molar-refractivity contribution in [3.63, 3.8) is 0 Å². The molecular formula is C16H13ClN2OS. The van der Waals surface area contributed by atoms with Crippen molar-refractivity contribution in [2.75, 3.05) is 0 Å². The van der Waals surface area contributed by atoms with Crippen molar-refractivity contribution < 1.29 is 5.11 Å². The Bertz CT molecular complexity index is 787. The number of phenols is 1. The molecule has 3 aromatic rings. The van der Waals surface area contributed by atoms with Crippen LogP contribution in [0.5, 0.6) is 5.75 Å². The van der Waals surface area contributed by atoms with Gasteiger partial charge in [-0.05, 0) is 30.5 Å². The van der Waals surface area contributed by atoms with E-state index in [0.29, 0.717) is 22.5 Å². The number of fused-ring (bicyclic) bond motifs is 1. The smallest absolute Gasteiger partial charge is 0.140 e. The Morgan fingerprint density at radius 2 is 1.86 bits per heavy atom. The van der Waals surface area contributed by atoms with Crippen molar-refractivity contribution in [2.45, 2.75) is 17.6 Å². The molecule has 0 fully saturated rings. The lowest BCUT2D eigenvalue weighted by Gasteiger charge is -2.08. The normalized spacial score (nSPS) is 11.0. The number of thioether (sulfide) groups is 1. The van der Waals surface area contributed by atoms with E-state index in [1.165, 1.54) is 0 Å². The number of halogens is 1. The largest absolute Gasteiger partial charge is 0.507 e. The van der Waals surface area contributed by atoms with Gasteiger partial charge in [-0.1, -0.05) is 35.9 Å². The van der Waals surface area contributed by atoms with Crippen LogP contribution < -0.4 is 0 Å². The molecule has 0 atom stereocenters. The Hall–Kier alpha value is -1.78. The molecule has 0 aliphatic heterocycles. The first-order valence-electron chi connectivity index (χ1n) is 6.47. The highest BCUT2D eigenvalue weighted by Crippen LogP contribution is 2.34. The first kappa shape index (κ1) is 14.2. The van der Waals surface area contributed by atoms with E-state index < -0.39 is 0 Å². The number of phenolic OH excluding ortho intramolecular Hbond substituents is 1. The molecule has 1 N–H and O–H groups in total. The van der Waals surface area contributed by atoms with Crippen LogP contribution in [0, 0.1) is 6.92 Å². The molecule has 1 heterocycles. The van der Waals surface area contributed by atoms with Gasteiger partial charge in [0.15, 0.2) is 0 Å². The summed E-state index contributed by atoms with van der Waals surface area (Å²) in [5.74, 6) is 1.64. The predicted molar refractivity (Wildman–Crippen MR) is 87.0 cm³/mol. The van der Waals surface area contributed by atoms with Crippen LogP contribution in [-0.2, 0) is 5.75 Å². The Balaban J connectivity index is 1.90. The van der Waals surface area contributed by atoms with Crippen molar-refractivity contribution in [3.05, 3.63) is 59.1 Å². The lowest BCUT2D eigenvalue weighted by Crippen LogP contribution is -1.95. The van der Waals surface area contributed by atoms with E-state index in [4.69, 9.17) is 11.6 Å². The summed E-state index contributed by atoms with van der Waals surface area (Å²) in [6.45, 7) is 1.90. The summed E-state index contributed by atoms with van der Waals surface area (Å²) >= 11 is 7.59. The molecule has 2 aromatic carbocycles. The van der Waals surface area contributed by atoms with Crippen molar-refractivity contribution in [1.29, 1.82) is 0 Å². The maximum absolute atomic E-state index is 9.90. The van der Waals surface area contributed by atoms with Gasteiger partial charge in [-0.25, -0.2) is 9.97 Å². The van der Waals surface area contributed by atoms with Crippen LogP contribution in [-0.4, -0.2) is 15.1 Å². The molecular weight excluding hydrogens is 304 g/mol. The van der Waals surface area contributed by atoms with E-state index >= 15 is 0 Å². The third-order valence-electron chi connectivity index (χ3n) is 3.09. The van der Waals surface area contributed by atoms with Gasteiger partial charge >= 0.3 is 0 Å². The van der Waals surface area contributed by atoms with Crippen LogP contribution in [0.15, 0.2) is 47.4 Å². The zero-order valence-electron chi connectivity index (χ0n) is 11.4. The fraction of sp³-hybridized carbons (Fsp3) is 0.125. The molecule has 0 spiro atoms. The maximum atomic E-state index is 9.90. The summed E-state index contributed by atoms with van der Waals surface area (Å²) in [5, 5.41) is 12.3. The molecule has 21 heavy (non-hydrogen) atoms. The van der Waals surface area contributed by atoms with Gasteiger partial charge in [0.1, 0.15) is 16.7 Å². The quantitative estimate of drug-likeness (QED) is 0.567. The number of rotatable bonds is 3. The Kier molecular flexibility index (Phi) is 3.99. The topological polar surface area (TPSA) is 46.0 Å². The molecule has 0 aliphatic rings. The lowest BCUT2D eigenvalue weighted by atomic mass is 10.1. The Labute approximate surface area is 132 Å². The van der Waals surface area contributed by atoms with E-state index in [0.717, 1.165) is 21.4 Å². The Morgan fingerprint density at radius 3 is 2.62 bits per heavy atom. The van der Waals surface area contributed by atoms with Crippen LogP contribution >= 0.6 is 23.4 Å². The van der Waals surface area contributed by atoms with Crippen molar-refractivity contribution in [1.82, 2.24) is 9.97 Å². The molecule has 0 radical (unpaired) electrons. The van der Waals surface area contributed by atoms with Crippen LogP contribution in [0.3, 0.4) is 0 Å². The van der Waals surface area contributed by atoms with E-state index in [1.54, 1.807) is 23.9 Å². The van der Waals surface area contributed by atoms with Crippen molar-refractivity contribution in [3.8, 4) is 5.75 Å². The van der Waals surface area contributed by atoms with E-state index in [9.17, 15) is 5.11 Å². The molecule has 1 aromatic heterocycles. The highest BCUT2D eigenvalue weighted by atomic mass is 35.5. The molecule has 3 nitrogen and oxygen atoms in total. The van der Waals surface area contributed by atoms with E-state index in [2.05, 4.69) is 9.97 Å². The fourth-order valence-corrected chi connectivity index (χ4v) is 3.34. The highest BCUT2D eigenvalue weighted by Gasteiger charge is 2.07. The number of hydrogen-bond acceptors (Lipinski definition) is 4. The fourth-order valence-electron chi connectivity index (χ4n) is 2.18. The van der Waals surface area contributed by atoms with Crippen LogP contribution in [0.1, 0.15) is 11.5 Å². The van der Waals surface area contributed by atoms with Crippen LogP contribution in [0.4, 0.5) is 0 Å². The van der Waals surface area contributed by atoms with Gasteiger partial charge in [-0.2, -0.15) is 0 Å². The first-order chi connectivity index (χ1) is 10.1. The standard InChI is InChI=1S/C16H13ClN2OS/c1-10-8-15(17)19-16(18-10)9-21-14-7-6-13(20)11-4-2-3-5-12(11)14/h2-8,20H,9H2,1H3. The number of aryl methyl sites for hydroxylation is 1. The van der Waals surface area contributed by atoms with Gasteiger partial charge in [0.05, 0.1) is 5.75 Å². The second-order valence-corrected chi connectivity index (χ2v) is 6.07. The van der Waals surface area contributed by atoms with E-state index in [1.807, 2.05) is 37.3 Å². The average Bonchev–Trinajstić information content (AvgIpc) is 2.46. The van der Waals surface area contributed by atoms with Gasteiger partial charge < -0.3 is 5.11 Å². The average molecular weight is 317 g/mol. The molecule has 0 saturated heterocycles. The van der Waals surface area contributed by atoms with Crippen LogP contribution in [0.25, 0.3) is 10.8 Å². The predicted octanol–water partition coefficient (Wildman–Crippen LogP) is 4.59. The van der Waals surface area contributed by atoms with Gasteiger partial charge in [0, 0.05) is 16.0 Å². The van der Waals surface area contributed by atoms with Gasteiger partial charge in [0.2, 0.25) is 0 Å². The summed E-state index contributed by atoms with van der Waals surface area (Å²) in [7, 11) is 0. The lowest BCUT2D eigenvalue weighted by molar-refractivity contribution is 0.481. The number of nitrogens with zero attached hydrogens (tertiary/aromatic N) is 2. The zero-order valence-corrected chi connectivity index (χ0v) is 12.9. The third kappa shape index (κ3) is 3.12. The van der Waals surface area contributed by atoms with Gasteiger partial charge in [-0.15, -0.1) is 11.8 Å². The summed E-state index contributed by atoms with van der Waals surface area (Å²) in [4.78, 5) is 9.70. The number of hydrogen-bond donors (Lipinski definition) is 1. The minimum atomic E-state index is 0.296. The van der Waals surface area contributed by atoms with Crippen molar-refractivity contribution >= 4 is 34.1 Å². The minimum absolute atomic E-state index is 0.296. The van der Waals surface area contributed by atoms with E-state index in [-0.39, 0.29) is 0 Å². The highest BCUT2D eigenvalue weighted by molar-refractivity contribution is 7.98. The number of aromatic hydroxyl groups is 1. The van der Waals surface area contributed by atoms with Crippen LogP contribution in [0.2, 0.25) is 5.15 Å². The molecule has 0 bridgehead atoms. The Morgan fingerprint density at radius 1 is 1.10 bits per heavy atom. The number of aromatic nitrogens is 2. The summed E-state index contributed by atoms with van der Waals surface area (Å²) in [6.07, 6.45) is 0.